The van der Waals surface area contributed by atoms with Crippen molar-refractivity contribution in [3.63, 3.8) is 0 Å². The summed E-state index contributed by atoms with van der Waals surface area (Å²) < 4.78 is 0. The van der Waals surface area contributed by atoms with Crippen molar-refractivity contribution in [3.05, 3.63) is 0 Å². The number of carbonyl (C=O) groups excluding carboxylic acids is 1. The van der Waals surface area contributed by atoms with Gasteiger partial charge in [-0.1, -0.05) is 19.6 Å². The van der Waals surface area contributed by atoms with Gasteiger partial charge in [0.1, 0.15) is 5.78 Å². The van der Waals surface area contributed by atoms with Gasteiger partial charge in [0.2, 0.25) is 0 Å². The summed E-state index contributed by atoms with van der Waals surface area (Å²) in [6, 6.07) is 0. The predicted octanol–water partition coefficient (Wildman–Crippen LogP) is 1.67. The van der Waals surface area contributed by atoms with E-state index in [0.29, 0.717) is 5.54 Å². The Morgan fingerprint density at radius 1 is 1.50 bits per heavy atom. The number of hydrogen-bond acceptors (Lipinski definition) is 2. The summed E-state index contributed by atoms with van der Waals surface area (Å²) in [7, 11) is -1.16. The molecule has 0 spiro atoms. The number of aliphatic hydroxyl groups is 1. The maximum atomic E-state index is 11.3. The van der Waals surface area contributed by atoms with Crippen LogP contribution in [0, 0.1) is 5.92 Å². The van der Waals surface area contributed by atoms with E-state index in [0.717, 1.165) is 12.8 Å². The molecule has 1 aliphatic carbocycles. The molecule has 70 valence electrons. The Labute approximate surface area is 75.0 Å². The van der Waals surface area contributed by atoms with Gasteiger partial charge in [-0.15, -0.1) is 0 Å². The zero-order valence-corrected chi connectivity index (χ0v) is 9.13. The quantitative estimate of drug-likeness (QED) is 0.666. The molecule has 2 nitrogen and oxygen atoms in total. The van der Waals surface area contributed by atoms with Crippen LogP contribution in [0.5, 0.6) is 0 Å². The molecular weight excluding hydrogens is 168 g/mol. The molecule has 1 aliphatic rings. The minimum Gasteiger partial charge on any atom is -0.396 e. The van der Waals surface area contributed by atoms with Gasteiger partial charge in [0.25, 0.3) is 0 Å². The van der Waals surface area contributed by atoms with Gasteiger partial charge >= 0.3 is 0 Å². The molecule has 0 heterocycles. The summed E-state index contributed by atoms with van der Waals surface area (Å²) in [6.07, 6.45) is 1.66. The van der Waals surface area contributed by atoms with Crippen molar-refractivity contribution in [2.75, 3.05) is 6.61 Å². The fourth-order valence-corrected chi connectivity index (χ4v) is 3.61. The van der Waals surface area contributed by atoms with Crippen LogP contribution < -0.4 is 0 Å². The van der Waals surface area contributed by atoms with E-state index in [1.54, 1.807) is 0 Å². The van der Waals surface area contributed by atoms with Crippen molar-refractivity contribution in [1.29, 1.82) is 0 Å². The Bertz CT molecular complexity index is 183. The molecule has 1 rings (SSSR count). The summed E-state index contributed by atoms with van der Waals surface area (Å²) in [4.78, 5) is 11.3. The van der Waals surface area contributed by atoms with Gasteiger partial charge in [0, 0.05) is 20.4 Å². The first-order valence-electron chi connectivity index (χ1n) is 4.58. The Morgan fingerprint density at radius 2 is 2.08 bits per heavy atom. The normalized spacial score (nSPS) is 31.2. The highest BCUT2D eigenvalue weighted by molar-refractivity contribution is 6.77. The highest BCUT2D eigenvalue weighted by Gasteiger charge is 2.38. The Kier molecular flexibility index (Phi) is 2.73. The molecule has 2 atom stereocenters. The van der Waals surface area contributed by atoms with Gasteiger partial charge in [0.15, 0.2) is 0 Å². The Hall–Kier alpha value is -0.153. The van der Waals surface area contributed by atoms with E-state index in [1.165, 1.54) is 0 Å². The molecule has 1 N–H and O–H groups in total. The van der Waals surface area contributed by atoms with Gasteiger partial charge in [-0.3, -0.25) is 4.79 Å². The minimum absolute atomic E-state index is 0.0401. The van der Waals surface area contributed by atoms with E-state index in [-0.39, 0.29) is 18.3 Å². The average Bonchev–Trinajstić information content (AvgIpc) is 2.29. The average molecular weight is 186 g/mol. The van der Waals surface area contributed by atoms with E-state index >= 15 is 0 Å². The van der Waals surface area contributed by atoms with Crippen LogP contribution in [0.3, 0.4) is 0 Å². The number of rotatable bonds is 2. The lowest BCUT2D eigenvalue weighted by atomic mass is 10.1. The lowest BCUT2D eigenvalue weighted by molar-refractivity contribution is -0.121. The van der Waals surface area contributed by atoms with Crippen LogP contribution in [0.4, 0.5) is 0 Å². The van der Waals surface area contributed by atoms with E-state index in [9.17, 15) is 4.79 Å². The molecule has 1 saturated carbocycles. The van der Waals surface area contributed by atoms with Crippen LogP contribution in [-0.2, 0) is 4.79 Å². The maximum absolute atomic E-state index is 11.3. The summed E-state index contributed by atoms with van der Waals surface area (Å²) in [5.41, 5.74) is 0.599. The summed E-state index contributed by atoms with van der Waals surface area (Å²) in [5.74, 6) is 0.242. The zero-order chi connectivity index (χ0) is 9.35. The van der Waals surface area contributed by atoms with Crippen molar-refractivity contribution >= 4 is 13.9 Å². The second-order valence-electron chi connectivity index (χ2n) is 4.85. The summed E-state index contributed by atoms with van der Waals surface area (Å²) >= 11 is 0. The molecule has 0 aromatic carbocycles. The zero-order valence-electron chi connectivity index (χ0n) is 8.13. The Balaban J connectivity index is 2.60. The maximum Gasteiger partial charge on any atom is 0.138 e. The second-order valence-corrected chi connectivity index (χ2v) is 10.4. The highest BCUT2D eigenvalue weighted by atomic mass is 28.3. The molecule has 0 aromatic rings. The van der Waals surface area contributed by atoms with Crippen LogP contribution in [0.1, 0.15) is 12.8 Å². The molecule has 0 radical (unpaired) electrons. The molecule has 1 unspecified atom stereocenters. The topological polar surface area (TPSA) is 37.3 Å². The van der Waals surface area contributed by atoms with Crippen molar-refractivity contribution in [3.8, 4) is 0 Å². The standard InChI is InChI=1S/C9H18O2Si/c1-12(2,3)8-4-7(6-10)9(11)5-8/h7-8,10H,4-6H2,1-3H3/t7-,8?/m1/s1. The highest BCUT2D eigenvalue weighted by Crippen LogP contribution is 2.39. The third-order valence-corrected chi connectivity index (χ3v) is 5.81. The molecule has 0 aromatic heterocycles. The molecule has 12 heavy (non-hydrogen) atoms. The number of carbonyl (C=O) groups is 1. The molecule has 0 saturated heterocycles. The van der Waals surface area contributed by atoms with Crippen LogP contribution >= 0.6 is 0 Å². The van der Waals surface area contributed by atoms with Crippen LogP contribution in [0.2, 0.25) is 25.2 Å². The fraction of sp³-hybridized carbons (Fsp3) is 0.889. The monoisotopic (exact) mass is 186 g/mol. The van der Waals surface area contributed by atoms with E-state index in [4.69, 9.17) is 5.11 Å². The van der Waals surface area contributed by atoms with Crippen molar-refractivity contribution in [2.45, 2.75) is 38.0 Å². The first-order chi connectivity index (χ1) is 5.45. The van der Waals surface area contributed by atoms with E-state index < -0.39 is 8.07 Å². The molecular formula is C9H18O2Si. The molecule has 1 fully saturated rings. The van der Waals surface area contributed by atoms with Crippen LogP contribution in [0.15, 0.2) is 0 Å². The van der Waals surface area contributed by atoms with E-state index in [1.807, 2.05) is 0 Å². The third kappa shape index (κ3) is 1.96. The van der Waals surface area contributed by atoms with Crippen molar-refractivity contribution in [2.24, 2.45) is 5.92 Å². The number of ketones is 1. The second kappa shape index (κ2) is 3.30. The third-order valence-electron chi connectivity index (χ3n) is 2.92. The summed E-state index contributed by atoms with van der Waals surface area (Å²) in [6.45, 7) is 6.94. The molecule has 3 heteroatoms. The summed E-state index contributed by atoms with van der Waals surface area (Å²) in [5, 5.41) is 8.91. The van der Waals surface area contributed by atoms with Gasteiger partial charge in [-0.05, 0) is 12.0 Å². The van der Waals surface area contributed by atoms with Gasteiger partial charge in [-0.2, -0.15) is 0 Å². The van der Waals surface area contributed by atoms with E-state index in [2.05, 4.69) is 19.6 Å². The minimum atomic E-state index is -1.16. The molecule has 0 aliphatic heterocycles. The van der Waals surface area contributed by atoms with Crippen LogP contribution in [-0.4, -0.2) is 25.6 Å². The number of hydrogen-bond donors (Lipinski definition) is 1. The number of aliphatic hydroxyl groups excluding tert-OH is 1. The Morgan fingerprint density at radius 3 is 2.33 bits per heavy atom. The molecule has 0 amide bonds. The van der Waals surface area contributed by atoms with Gasteiger partial charge in [-0.25, -0.2) is 0 Å². The lowest BCUT2D eigenvalue weighted by Gasteiger charge is -2.23. The number of Topliss-reactive ketones (excluding diaryl/α,β-unsaturated/α-hetero) is 1. The largest absolute Gasteiger partial charge is 0.396 e. The van der Waals surface area contributed by atoms with Crippen molar-refractivity contribution in [1.82, 2.24) is 0 Å². The van der Waals surface area contributed by atoms with Crippen molar-refractivity contribution < 1.29 is 9.90 Å². The first kappa shape index (κ1) is 9.93. The smallest absolute Gasteiger partial charge is 0.138 e. The molecule has 0 bridgehead atoms. The SMILES string of the molecule is C[Si](C)(C)C1CC(=O)[C@@H](CO)C1. The lowest BCUT2D eigenvalue weighted by Crippen LogP contribution is -2.26. The fourth-order valence-electron chi connectivity index (χ4n) is 1.80. The van der Waals surface area contributed by atoms with Gasteiger partial charge in [0.05, 0.1) is 6.61 Å². The first-order valence-corrected chi connectivity index (χ1v) is 8.16. The van der Waals surface area contributed by atoms with Crippen LogP contribution in [0.25, 0.3) is 0 Å². The van der Waals surface area contributed by atoms with Gasteiger partial charge < -0.3 is 5.11 Å². The predicted molar refractivity (Wildman–Crippen MR) is 51.9 cm³/mol.